The third kappa shape index (κ3) is 4.16. The van der Waals surface area contributed by atoms with Gasteiger partial charge in [0.15, 0.2) is 0 Å². The summed E-state index contributed by atoms with van der Waals surface area (Å²) < 4.78 is 0. The summed E-state index contributed by atoms with van der Waals surface area (Å²) >= 11 is 0. The first kappa shape index (κ1) is 20.9. The normalized spacial score (nSPS) is 17.4. The van der Waals surface area contributed by atoms with Gasteiger partial charge in [-0.25, -0.2) is 9.97 Å². The molecule has 0 saturated heterocycles. The largest absolute Gasteiger partial charge is 0.346 e. The zero-order valence-corrected chi connectivity index (χ0v) is 19.2. The van der Waals surface area contributed by atoms with E-state index in [2.05, 4.69) is 78.3 Å². The molecule has 4 aromatic heterocycles. The van der Waals surface area contributed by atoms with Crippen LogP contribution in [0.15, 0.2) is 61.2 Å². The number of aromatic nitrogens is 4. The summed E-state index contributed by atoms with van der Waals surface area (Å²) in [6.07, 6.45) is 14.6. The number of nitrogens with zero attached hydrogens (tertiary/aromatic N) is 4. The van der Waals surface area contributed by atoms with Crippen molar-refractivity contribution in [3.05, 3.63) is 72.3 Å². The molecule has 6 heterocycles. The summed E-state index contributed by atoms with van der Waals surface area (Å²) in [6.45, 7) is 5.65. The van der Waals surface area contributed by atoms with Crippen LogP contribution in [-0.2, 0) is 0 Å². The molecule has 0 unspecified atom stereocenters. The zero-order chi connectivity index (χ0) is 22.7. The Morgan fingerprint density at radius 2 is 1.24 bits per heavy atom. The Kier molecular flexibility index (Phi) is 5.72. The highest BCUT2D eigenvalue weighted by atomic mass is 15.1. The molecule has 0 amide bonds. The van der Waals surface area contributed by atoms with Crippen molar-refractivity contribution in [3.8, 4) is 11.8 Å². The summed E-state index contributed by atoms with van der Waals surface area (Å²) in [6, 6.07) is 8.29. The number of hydrogen-bond acceptors (Lipinski definition) is 4. The molecule has 2 aliphatic rings. The van der Waals surface area contributed by atoms with E-state index in [0.717, 1.165) is 63.4 Å². The summed E-state index contributed by atoms with van der Waals surface area (Å²) in [5.74, 6) is 6.80. The standard InChI is InChI=1S/C28H28N6/c1(13-33-15-7-21(8-16-33)25-19-31-27-23(25)5-3-11-29-27)2-14-34-17-9-22(10-18-34)26-20-32-28-24(26)6-4-12-30-28/h3-7,9,11-12,19-20H,8,10,13-18H2,(H,29,31)(H,30,32). The van der Waals surface area contributed by atoms with Crippen LogP contribution in [0.25, 0.3) is 33.2 Å². The second kappa shape index (κ2) is 9.30. The SMILES string of the molecule is C(#CCN1CC=C(c2c[nH]c3ncccc23)CC1)CN1CC=C(c2c[nH]c3ncccc23)CC1. The van der Waals surface area contributed by atoms with Gasteiger partial charge in [-0.3, -0.25) is 9.80 Å². The van der Waals surface area contributed by atoms with Crippen molar-refractivity contribution in [1.29, 1.82) is 0 Å². The van der Waals surface area contributed by atoms with Crippen molar-refractivity contribution >= 4 is 33.2 Å². The molecule has 0 radical (unpaired) electrons. The molecule has 6 nitrogen and oxygen atoms in total. The number of pyridine rings is 2. The molecule has 0 aromatic carbocycles. The lowest BCUT2D eigenvalue weighted by Crippen LogP contribution is -2.30. The maximum absolute atomic E-state index is 4.41. The van der Waals surface area contributed by atoms with Gasteiger partial charge >= 0.3 is 0 Å². The molecule has 0 spiro atoms. The monoisotopic (exact) mass is 448 g/mol. The summed E-state index contributed by atoms with van der Waals surface area (Å²) in [5, 5.41) is 2.42. The molecular formula is C28H28N6. The molecule has 6 rings (SSSR count). The summed E-state index contributed by atoms with van der Waals surface area (Å²) in [5.41, 5.74) is 7.32. The summed E-state index contributed by atoms with van der Waals surface area (Å²) in [7, 11) is 0. The third-order valence-corrected chi connectivity index (χ3v) is 6.91. The van der Waals surface area contributed by atoms with Gasteiger partial charge < -0.3 is 9.97 Å². The average Bonchev–Trinajstić information content (AvgIpc) is 3.52. The van der Waals surface area contributed by atoms with Crippen molar-refractivity contribution < 1.29 is 0 Å². The lowest BCUT2D eigenvalue weighted by atomic mass is 9.99. The minimum Gasteiger partial charge on any atom is -0.346 e. The Morgan fingerprint density at radius 3 is 1.68 bits per heavy atom. The van der Waals surface area contributed by atoms with Crippen LogP contribution in [0.1, 0.15) is 24.0 Å². The molecule has 2 N–H and O–H groups in total. The molecule has 34 heavy (non-hydrogen) atoms. The average molecular weight is 449 g/mol. The molecule has 0 bridgehead atoms. The smallest absolute Gasteiger partial charge is 0.137 e. The van der Waals surface area contributed by atoms with E-state index in [-0.39, 0.29) is 0 Å². The van der Waals surface area contributed by atoms with Gasteiger partial charge in [0.1, 0.15) is 11.3 Å². The van der Waals surface area contributed by atoms with Gasteiger partial charge in [0.25, 0.3) is 0 Å². The van der Waals surface area contributed by atoms with Crippen molar-refractivity contribution in [2.75, 3.05) is 39.3 Å². The van der Waals surface area contributed by atoms with Crippen LogP contribution in [0.2, 0.25) is 0 Å². The topological polar surface area (TPSA) is 63.8 Å². The molecule has 170 valence electrons. The molecular weight excluding hydrogens is 420 g/mol. The Hall–Kier alpha value is -3.66. The van der Waals surface area contributed by atoms with Crippen LogP contribution in [0.5, 0.6) is 0 Å². The van der Waals surface area contributed by atoms with E-state index < -0.39 is 0 Å². The fourth-order valence-electron chi connectivity index (χ4n) is 4.98. The quantitative estimate of drug-likeness (QED) is 0.457. The van der Waals surface area contributed by atoms with Crippen molar-refractivity contribution in [2.45, 2.75) is 12.8 Å². The van der Waals surface area contributed by atoms with Crippen LogP contribution in [0, 0.1) is 11.8 Å². The molecule has 4 aromatic rings. The lowest BCUT2D eigenvalue weighted by Gasteiger charge is -2.25. The Bertz CT molecular complexity index is 1340. The van der Waals surface area contributed by atoms with Crippen LogP contribution in [0.3, 0.4) is 0 Å². The number of H-pyrrole nitrogens is 2. The van der Waals surface area contributed by atoms with Gasteiger partial charge in [-0.05, 0) is 48.3 Å². The van der Waals surface area contributed by atoms with E-state index in [1.807, 2.05) is 24.5 Å². The van der Waals surface area contributed by atoms with E-state index in [9.17, 15) is 0 Å². The highest BCUT2D eigenvalue weighted by Gasteiger charge is 2.16. The van der Waals surface area contributed by atoms with Crippen LogP contribution < -0.4 is 0 Å². The minimum absolute atomic E-state index is 0.830. The highest BCUT2D eigenvalue weighted by molar-refractivity contribution is 5.91. The van der Waals surface area contributed by atoms with Gasteiger partial charge in [0, 0.05) is 72.9 Å². The fourth-order valence-corrected chi connectivity index (χ4v) is 4.98. The van der Waals surface area contributed by atoms with Gasteiger partial charge in [0.2, 0.25) is 0 Å². The van der Waals surface area contributed by atoms with E-state index in [4.69, 9.17) is 0 Å². The number of rotatable bonds is 4. The molecule has 2 aliphatic heterocycles. The van der Waals surface area contributed by atoms with E-state index in [0.29, 0.717) is 0 Å². The van der Waals surface area contributed by atoms with Crippen molar-refractivity contribution in [1.82, 2.24) is 29.7 Å². The Labute approximate surface area is 199 Å². The summed E-state index contributed by atoms with van der Waals surface area (Å²) in [4.78, 5) is 20.2. The van der Waals surface area contributed by atoms with E-state index >= 15 is 0 Å². The van der Waals surface area contributed by atoms with Gasteiger partial charge in [0.05, 0.1) is 13.1 Å². The van der Waals surface area contributed by atoms with E-state index in [1.54, 1.807) is 0 Å². The Balaban J connectivity index is 1.01. The van der Waals surface area contributed by atoms with Crippen LogP contribution >= 0.6 is 0 Å². The van der Waals surface area contributed by atoms with Gasteiger partial charge in [-0.15, -0.1) is 0 Å². The Morgan fingerprint density at radius 1 is 0.735 bits per heavy atom. The molecule has 0 atom stereocenters. The predicted molar refractivity (Wildman–Crippen MR) is 138 cm³/mol. The molecule has 0 aliphatic carbocycles. The number of fused-ring (bicyclic) bond motifs is 2. The number of hydrogen-bond donors (Lipinski definition) is 2. The van der Waals surface area contributed by atoms with Crippen molar-refractivity contribution in [2.24, 2.45) is 0 Å². The second-order valence-corrected chi connectivity index (χ2v) is 8.99. The number of nitrogens with one attached hydrogen (secondary N) is 2. The van der Waals surface area contributed by atoms with Gasteiger partial charge in [-0.2, -0.15) is 0 Å². The van der Waals surface area contributed by atoms with Crippen LogP contribution in [-0.4, -0.2) is 69.0 Å². The minimum atomic E-state index is 0.830. The predicted octanol–water partition coefficient (Wildman–Crippen LogP) is 4.32. The van der Waals surface area contributed by atoms with Crippen molar-refractivity contribution in [3.63, 3.8) is 0 Å². The lowest BCUT2D eigenvalue weighted by molar-refractivity contribution is 0.334. The highest BCUT2D eigenvalue weighted by Crippen LogP contribution is 2.29. The first-order valence-electron chi connectivity index (χ1n) is 12.0. The second-order valence-electron chi connectivity index (χ2n) is 8.99. The first-order valence-corrected chi connectivity index (χ1v) is 12.0. The van der Waals surface area contributed by atoms with E-state index in [1.165, 1.54) is 33.0 Å². The molecule has 6 heteroatoms. The fraction of sp³-hybridized carbons (Fsp3) is 0.286. The first-order chi connectivity index (χ1) is 16.8. The third-order valence-electron chi connectivity index (χ3n) is 6.91. The number of aromatic amines is 2. The zero-order valence-electron chi connectivity index (χ0n) is 19.2. The molecule has 0 saturated carbocycles. The van der Waals surface area contributed by atoms with Gasteiger partial charge in [-0.1, -0.05) is 24.0 Å². The van der Waals surface area contributed by atoms with Crippen LogP contribution in [0.4, 0.5) is 0 Å². The maximum atomic E-state index is 4.41. The molecule has 0 fully saturated rings. The maximum Gasteiger partial charge on any atom is 0.137 e.